The first-order chi connectivity index (χ1) is 7.70. The molecule has 0 saturated heterocycles. The lowest BCUT2D eigenvalue weighted by Crippen LogP contribution is -2.45. The maximum Gasteiger partial charge on any atom is 0.240 e. The lowest BCUT2D eigenvalue weighted by Gasteiger charge is -2.36. The Balaban J connectivity index is 3.33. The van der Waals surface area contributed by atoms with Crippen molar-refractivity contribution in [2.75, 3.05) is 18.6 Å². The van der Waals surface area contributed by atoms with E-state index in [1.165, 1.54) is 6.07 Å². The molecule has 1 aromatic carbocycles. The van der Waals surface area contributed by atoms with Gasteiger partial charge >= 0.3 is 0 Å². The highest BCUT2D eigenvalue weighted by Gasteiger charge is 2.26. The van der Waals surface area contributed by atoms with Crippen LogP contribution >= 0.6 is 0 Å². The van der Waals surface area contributed by atoms with Gasteiger partial charge in [-0.1, -0.05) is 12.1 Å². The van der Waals surface area contributed by atoms with E-state index in [1.807, 2.05) is 13.8 Å². The van der Waals surface area contributed by atoms with E-state index < -0.39 is 15.6 Å². The molecule has 0 atom stereocenters. The fraction of sp³-hybridized carbons (Fsp3) is 0.455. The highest BCUT2D eigenvalue weighted by atomic mass is 32.2. The van der Waals surface area contributed by atoms with Gasteiger partial charge in [0.05, 0.1) is 17.8 Å². The summed E-state index contributed by atoms with van der Waals surface area (Å²) in [5, 5.41) is 14.5. The molecule has 0 radical (unpaired) electrons. The maximum absolute atomic E-state index is 11.5. The molecule has 0 fully saturated rings. The van der Waals surface area contributed by atoms with Crippen molar-refractivity contribution in [3.63, 3.8) is 0 Å². The first kappa shape index (κ1) is 14.0. The number of anilines is 1. The van der Waals surface area contributed by atoms with Crippen LogP contribution in [-0.2, 0) is 10.0 Å². The molecule has 0 aliphatic carbocycles. The molecule has 1 rings (SSSR count). The first-order valence-corrected chi connectivity index (χ1v) is 6.71. The smallest absolute Gasteiger partial charge is 0.240 e. The summed E-state index contributed by atoms with van der Waals surface area (Å²) < 4.78 is 22.9. The third-order valence-electron chi connectivity index (χ3n) is 2.83. The average molecular weight is 258 g/mol. The van der Waals surface area contributed by atoms with Crippen molar-refractivity contribution < 1.29 is 13.5 Å². The van der Waals surface area contributed by atoms with Crippen molar-refractivity contribution in [3.8, 4) is 0 Å². The minimum absolute atomic E-state index is 0.0593. The van der Waals surface area contributed by atoms with Crippen molar-refractivity contribution in [2.24, 2.45) is 5.14 Å². The van der Waals surface area contributed by atoms with Crippen LogP contribution in [0.15, 0.2) is 29.2 Å². The van der Waals surface area contributed by atoms with Crippen molar-refractivity contribution in [2.45, 2.75) is 24.3 Å². The van der Waals surface area contributed by atoms with Crippen molar-refractivity contribution in [3.05, 3.63) is 24.3 Å². The van der Waals surface area contributed by atoms with Crippen molar-refractivity contribution in [1.29, 1.82) is 0 Å². The van der Waals surface area contributed by atoms with Crippen LogP contribution in [0, 0.1) is 0 Å². The molecule has 5 nitrogen and oxygen atoms in total. The molecule has 0 aromatic heterocycles. The predicted molar refractivity (Wildman–Crippen MR) is 67.4 cm³/mol. The topological polar surface area (TPSA) is 83.6 Å². The number of aliphatic hydroxyl groups is 1. The summed E-state index contributed by atoms with van der Waals surface area (Å²) in [5.74, 6) is 0. The third-order valence-corrected chi connectivity index (χ3v) is 3.79. The largest absolute Gasteiger partial charge is 0.394 e. The number of nitrogens with two attached hydrogens (primary N) is 1. The second kappa shape index (κ2) is 4.64. The van der Waals surface area contributed by atoms with E-state index in [-0.39, 0.29) is 11.5 Å². The van der Waals surface area contributed by atoms with E-state index in [4.69, 9.17) is 5.14 Å². The minimum atomic E-state index is -3.77. The number of benzene rings is 1. The molecule has 96 valence electrons. The summed E-state index contributed by atoms with van der Waals surface area (Å²) in [6.07, 6.45) is 0. The zero-order valence-electron chi connectivity index (χ0n) is 10.2. The molecule has 0 amide bonds. The summed E-state index contributed by atoms with van der Waals surface area (Å²) in [4.78, 5) is 1.76. The van der Waals surface area contributed by atoms with Crippen LogP contribution in [0.25, 0.3) is 0 Å². The van der Waals surface area contributed by atoms with Gasteiger partial charge < -0.3 is 10.0 Å². The number of rotatable bonds is 4. The van der Waals surface area contributed by atoms with Crippen LogP contribution in [0.3, 0.4) is 0 Å². The highest BCUT2D eigenvalue weighted by Crippen LogP contribution is 2.28. The van der Waals surface area contributed by atoms with Gasteiger partial charge in [-0.25, -0.2) is 13.6 Å². The Labute approximate surface area is 102 Å². The molecular formula is C11H18N2O3S. The average Bonchev–Trinajstić information content (AvgIpc) is 2.27. The second-order valence-corrected chi connectivity index (χ2v) is 6.07. The zero-order chi connectivity index (χ0) is 13.3. The van der Waals surface area contributed by atoms with Crippen molar-refractivity contribution in [1.82, 2.24) is 0 Å². The summed E-state index contributed by atoms with van der Waals surface area (Å²) in [5.41, 5.74) is -0.0881. The number of hydrogen-bond acceptors (Lipinski definition) is 4. The van der Waals surface area contributed by atoms with Gasteiger partial charge in [0.15, 0.2) is 0 Å². The Morgan fingerprint density at radius 3 is 2.35 bits per heavy atom. The predicted octanol–water partition coefficient (Wildman–Crippen LogP) is 0.541. The van der Waals surface area contributed by atoms with Gasteiger partial charge in [0.2, 0.25) is 10.0 Å². The van der Waals surface area contributed by atoms with Gasteiger partial charge in [-0.2, -0.15) is 0 Å². The van der Waals surface area contributed by atoms with E-state index in [9.17, 15) is 13.5 Å². The maximum atomic E-state index is 11.5. The monoisotopic (exact) mass is 258 g/mol. The standard InChI is InChI=1S/C11H18N2O3S/c1-11(2,8-14)13(3)9-6-4-5-7-10(9)17(12,15)16/h4-7,14H,8H2,1-3H3,(H2,12,15,16). The van der Waals surface area contributed by atoms with Gasteiger partial charge in [-0.05, 0) is 26.0 Å². The summed E-state index contributed by atoms with van der Waals surface area (Å²) >= 11 is 0. The van der Waals surface area contributed by atoms with E-state index in [1.54, 1.807) is 30.1 Å². The number of para-hydroxylation sites is 1. The minimum Gasteiger partial charge on any atom is -0.394 e. The molecule has 3 N–H and O–H groups in total. The molecule has 6 heteroatoms. The van der Waals surface area contributed by atoms with Gasteiger partial charge in [0.1, 0.15) is 4.90 Å². The molecule has 17 heavy (non-hydrogen) atoms. The fourth-order valence-corrected chi connectivity index (χ4v) is 2.17. The number of hydrogen-bond donors (Lipinski definition) is 2. The lowest BCUT2D eigenvalue weighted by molar-refractivity contribution is 0.216. The van der Waals surface area contributed by atoms with Gasteiger partial charge in [-0.3, -0.25) is 0 Å². The van der Waals surface area contributed by atoms with Crippen LogP contribution in [-0.4, -0.2) is 32.7 Å². The van der Waals surface area contributed by atoms with Gasteiger partial charge in [0.25, 0.3) is 0 Å². The molecule has 0 saturated carbocycles. The number of nitrogens with zero attached hydrogens (tertiary/aromatic N) is 1. The van der Waals surface area contributed by atoms with Gasteiger partial charge in [0, 0.05) is 7.05 Å². The van der Waals surface area contributed by atoms with E-state index in [2.05, 4.69) is 0 Å². The molecule has 0 spiro atoms. The third kappa shape index (κ3) is 2.96. The highest BCUT2D eigenvalue weighted by molar-refractivity contribution is 7.89. The van der Waals surface area contributed by atoms with E-state index >= 15 is 0 Å². The summed E-state index contributed by atoms with van der Waals surface area (Å²) in [7, 11) is -2.05. The quantitative estimate of drug-likeness (QED) is 0.825. The number of primary sulfonamides is 1. The summed E-state index contributed by atoms with van der Waals surface area (Å²) in [6.45, 7) is 3.53. The van der Waals surface area contributed by atoms with E-state index in [0.717, 1.165) is 0 Å². The molecule has 0 unspecified atom stereocenters. The number of aliphatic hydroxyl groups excluding tert-OH is 1. The van der Waals surface area contributed by atoms with Crippen LogP contribution < -0.4 is 10.0 Å². The van der Waals surface area contributed by atoms with Crippen LogP contribution in [0.4, 0.5) is 5.69 Å². The first-order valence-electron chi connectivity index (χ1n) is 5.16. The van der Waals surface area contributed by atoms with Gasteiger partial charge in [-0.15, -0.1) is 0 Å². The Morgan fingerprint density at radius 1 is 1.35 bits per heavy atom. The molecule has 0 aliphatic heterocycles. The Bertz CT molecular complexity index is 497. The zero-order valence-corrected chi connectivity index (χ0v) is 11.0. The number of sulfonamides is 1. The molecule has 0 heterocycles. The Kier molecular flexibility index (Phi) is 3.81. The normalized spacial score (nSPS) is 12.5. The Hall–Kier alpha value is -1.11. The second-order valence-electron chi connectivity index (χ2n) is 4.54. The summed E-state index contributed by atoms with van der Waals surface area (Å²) in [6, 6.07) is 6.46. The molecule has 0 bridgehead atoms. The van der Waals surface area contributed by atoms with E-state index in [0.29, 0.717) is 5.69 Å². The van der Waals surface area contributed by atoms with Crippen LogP contribution in [0.5, 0.6) is 0 Å². The molecular weight excluding hydrogens is 240 g/mol. The Morgan fingerprint density at radius 2 is 1.88 bits per heavy atom. The van der Waals surface area contributed by atoms with Crippen LogP contribution in [0.1, 0.15) is 13.8 Å². The SMILES string of the molecule is CN(c1ccccc1S(N)(=O)=O)C(C)(C)CO. The number of likely N-dealkylation sites (N-methyl/N-ethyl adjacent to an activating group) is 1. The lowest BCUT2D eigenvalue weighted by atomic mass is 10.0. The molecule has 0 aliphatic rings. The van der Waals surface area contributed by atoms with Crippen LogP contribution in [0.2, 0.25) is 0 Å². The fourth-order valence-electron chi connectivity index (χ4n) is 1.41. The van der Waals surface area contributed by atoms with Crippen molar-refractivity contribution >= 4 is 15.7 Å². The molecule has 1 aromatic rings.